The highest BCUT2D eigenvalue weighted by Crippen LogP contribution is 2.28. The molecule has 0 aliphatic carbocycles. The first-order chi connectivity index (χ1) is 13.2. The number of methoxy groups -OCH3 is 1. The lowest BCUT2D eigenvalue weighted by Gasteiger charge is -2.10. The number of nitrogens with zero attached hydrogens (tertiary/aromatic N) is 2. The molecule has 0 saturated carbocycles. The number of nitrogens with one attached hydrogen (secondary N) is 1. The maximum atomic E-state index is 12.9. The van der Waals surface area contributed by atoms with E-state index in [9.17, 15) is 22.0 Å². The SMILES string of the molecule is COc1ccccc1CC(=O)Nc1cc(S(N)(=O)=O)c2nn(C(F)F)cc2c1. The maximum Gasteiger partial charge on any atom is 0.333 e. The van der Waals surface area contributed by atoms with Gasteiger partial charge in [0.25, 0.3) is 0 Å². The van der Waals surface area contributed by atoms with Gasteiger partial charge in [0.05, 0.1) is 13.5 Å². The molecule has 0 saturated heterocycles. The molecule has 0 spiro atoms. The summed E-state index contributed by atoms with van der Waals surface area (Å²) in [5.74, 6) is 0.0713. The third-order valence-electron chi connectivity index (χ3n) is 3.93. The van der Waals surface area contributed by atoms with E-state index in [2.05, 4.69) is 10.4 Å². The highest BCUT2D eigenvalue weighted by molar-refractivity contribution is 7.89. The summed E-state index contributed by atoms with van der Waals surface area (Å²) in [5.41, 5.74) is 0.511. The van der Waals surface area contributed by atoms with Gasteiger partial charge in [-0.2, -0.15) is 13.9 Å². The number of alkyl halides is 2. The summed E-state index contributed by atoms with van der Waals surface area (Å²) in [7, 11) is -2.79. The van der Waals surface area contributed by atoms with E-state index in [4.69, 9.17) is 9.88 Å². The Bertz CT molecular complexity index is 1150. The van der Waals surface area contributed by atoms with Crippen LogP contribution in [0.2, 0.25) is 0 Å². The summed E-state index contributed by atoms with van der Waals surface area (Å²) in [6.07, 6.45) is 0.938. The minimum atomic E-state index is -4.26. The minimum absolute atomic E-state index is 0.0386. The molecule has 0 unspecified atom stereocenters. The summed E-state index contributed by atoms with van der Waals surface area (Å²) in [4.78, 5) is 11.9. The molecule has 3 rings (SSSR count). The highest BCUT2D eigenvalue weighted by atomic mass is 32.2. The van der Waals surface area contributed by atoms with Gasteiger partial charge >= 0.3 is 6.55 Å². The highest BCUT2D eigenvalue weighted by Gasteiger charge is 2.20. The molecule has 0 aliphatic heterocycles. The number of anilines is 1. The summed E-state index contributed by atoms with van der Waals surface area (Å²) in [5, 5.41) is 11.4. The topological polar surface area (TPSA) is 116 Å². The van der Waals surface area contributed by atoms with E-state index in [0.717, 1.165) is 12.3 Å². The molecular formula is C17H16F2N4O4S. The fourth-order valence-electron chi connectivity index (χ4n) is 2.74. The van der Waals surface area contributed by atoms with E-state index in [-0.39, 0.29) is 23.0 Å². The molecule has 1 aromatic heterocycles. The van der Waals surface area contributed by atoms with Gasteiger partial charge < -0.3 is 10.1 Å². The zero-order valence-corrected chi connectivity index (χ0v) is 15.4. The third kappa shape index (κ3) is 4.10. The van der Waals surface area contributed by atoms with E-state index >= 15 is 0 Å². The second-order valence-corrected chi connectivity index (χ2v) is 7.41. The molecule has 1 heterocycles. The largest absolute Gasteiger partial charge is 0.496 e. The van der Waals surface area contributed by atoms with Gasteiger partial charge in [-0.15, -0.1) is 0 Å². The number of benzene rings is 2. The second-order valence-electron chi connectivity index (χ2n) is 5.88. The molecule has 148 valence electrons. The Morgan fingerprint density at radius 3 is 2.68 bits per heavy atom. The van der Waals surface area contributed by atoms with Crippen LogP contribution in [-0.2, 0) is 21.2 Å². The number of hydrogen-bond acceptors (Lipinski definition) is 5. The number of nitrogens with two attached hydrogens (primary N) is 1. The molecule has 3 N–H and O–H groups in total. The van der Waals surface area contributed by atoms with Crippen molar-refractivity contribution < 1.29 is 26.7 Å². The number of rotatable bonds is 6. The lowest BCUT2D eigenvalue weighted by atomic mass is 10.1. The molecule has 0 aliphatic rings. The van der Waals surface area contributed by atoms with Crippen LogP contribution in [0.4, 0.5) is 14.5 Å². The molecule has 0 fully saturated rings. The van der Waals surface area contributed by atoms with Crippen LogP contribution in [0.1, 0.15) is 12.1 Å². The lowest BCUT2D eigenvalue weighted by Crippen LogP contribution is -2.17. The summed E-state index contributed by atoms with van der Waals surface area (Å²) >= 11 is 0. The van der Waals surface area contributed by atoms with Gasteiger partial charge in [-0.1, -0.05) is 18.2 Å². The summed E-state index contributed by atoms with van der Waals surface area (Å²) in [6.45, 7) is -2.95. The normalized spacial score (nSPS) is 11.8. The van der Waals surface area contributed by atoms with Gasteiger partial charge in [0, 0.05) is 22.8 Å². The number of aromatic nitrogens is 2. The van der Waals surface area contributed by atoms with Gasteiger partial charge in [0.2, 0.25) is 15.9 Å². The van der Waals surface area contributed by atoms with Crippen molar-refractivity contribution >= 4 is 32.5 Å². The van der Waals surface area contributed by atoms with Crippen LogP contribution >= 0.6 is 0 Å². The van der Waals surface area contributed by atoms with E-state index in [0.29, 0.717) is 16.0 Å². The van der Waals surface area contributed by atoms with Crippen molar-refractivity contribution in [2.45, 2.75) is 17.9 Å². The molecule has 0 radical (unpaired) electrons. The van der Waals surface area contributed by atoms with Crippen molar-refractivity contribution in [3.8, 4) is 5.75 Å². The number of fused-ring (bicyclic) bond motifs is 1. The van der Waals surface area contributed by atoms with Crippen LogP contribution < -0.4 is 15.2 Å². The first-order valence-corrected chi connectivity index (χ1v) is 9.49. The number of amides is 1. The smallest absolute Gasteiger partial charge is 0.333 e. The molecule has 3 aromatic rings. The summed E-state index contributed by atoms with van der Waals surface area (Å²) in [6, 6.07) is 9.34. The van der Waals surface area contributed by atoms with Crippen molar-refractivity contribution in [3.63, 3.8) is 0 Å². The Kier molecular flexibility index (Phi) is 5.29. The average molecular weight is 410 g/mol. The fraction of sp³-hybridized carbons (Fsp3) is 0.176. The number of para-hydroxylation sites is 1. The van der Waals surface area contributed by atoms with Gasteiger partial charge in [-0.3, -0.25) is 4.79 Å². The van der Waals surface area contributed by atoms with Crippen molar-refractivity contribution in [2.24, 2.45) is 5.14 Å². The maximum absolute atomic E-state index is 12.9. The van der Waals surface area contributed by atoms with Gasteiger partial charge in [0.15, 0.2) is 0 Å². The van der Waals surface area contributed by atoms with Crippen LogP contribution in [0, 0.1) is 0 Å². The van der Waals surface area contributed by atoms with Crippen molar-refractivity contribution in [1.29, 1.82) is 0 Å². The number of halogens is 2. The quantitative estimate of drug-likeness (QED) is 0.647. The Hall–Kier alpha value is -3.05. The number of hydrogen-bond donors (Lipinski definition) is 2. The minimum Gasteiger partial charge on any atom is -0.496 e. The first-order valence-electron chi connectivity index (χ1n) is 7.94. The molecule has 28 heavy (non-hydrogen) atoms. The van der Waals surface area contributed by atoms with Crippen LogP contribution in [0.15, 0.2) is 47.5 Å². The average Bonchev–Trinajstić information content (AvgIpc) is 3.04. The van der Waals surface area contributed by atoms with Crippen molar-refractivity contribution in [3.05, 3.63) is 48.2 Å². The standard InChI is InChI=1S/C17H16F2N4O4S/c1-27-13-5-3-2-4-10(13)7-15(24)21-12-6-11-9-23(17(18)19)22-16(11)14(8-12)28(20,25)26/h2-6,8-9,17H,7H2,1H3,(H,21,24)(H2,20,25,26). The fourth-order valence-corrected chi connectivity index (χ4v) is 3.46. The third-order valence-corrected chi connectivity index (χ3v) is 4.85. The molecular weight excluding hydrogens is 394 g/mol. The van der Waals surface area contributed by atoms with Gasteiger partial charge in [-0.05, 0) is 18.2 Å². The van der Waals surface area contributed by atoms with Gasteiger partial charge in [-0.25, -0.2) is 18.2 Å². The zero-order chi connectivity index (χ0) is 20.5. The van der Waals surface area contributed by atoms with Crippen molar-refractivity contribution in [2.75, 3.05) is 12.4 Å². The van der Waals surface area contributed by atoms with Crippen LogP contribution in [0.25, 0.3) is 10.9 Å². The van der Waals surface area contributed by atoms with Crippen LogP contribution in [-0.4, -0.2) is 31.2 Å². The molecule has 8 nitrogen and oxygen atoms in total. The van der Waals surface area contributed by atoms with E-state index in [1.165, 1.54) is 13.2 Å². The van der Waals surface area contributed by atoms with Crippen molar-refractivity contribution in [1.82, 2.24) is 9.78 Å². The van der Waals surface area contributed by atoms with E-state index in [1.54, 1.807) is 24.3 Å². The Labute approximate surface area is 158 Å². The first kappa shape index (κ1) is 19.7. The molecule has 0 atom stereocenters. The molecule has 1 amide bonds. The van der Waals surface area contributed by atoms with E-state index < -0.39 is 27.4 Å². The Morgan fingerprint density at radius 2 is 2.04 bits per heavy atom. The predicted molar refractivity (Wildman–Crippen MR) is 97.7 cm³/mol. The lowest BCUT2D eigenvalue weighted by molar-refractivity contribution is -0.115. The van der Waals surface area contributed by atoms with E-state index in [1.807, 2.05) is 0 Å². The van der Waals surface area contributed by atoms with Crippen LogP contribution in [0.3, 0.4) is 0 Å². The zero-order valence-electron chi connectivity index (χ0n) is 14.6. The number of carbonyl (C=O) groups is 1. The number of carbonyl (C=O) groups excluding carboxylic acids is 1. The Morgan fingerprint density at radius 1 is 1.32 bits per heavy atom. The Balaban J connectivity index is 1.95. The summed E-state index contributed by atoms with van der Waals surface area (Å²) < 4.78 is 55.0. The monoisotopic (exact) mass is 410 g/mol. The predicted octanol–water partition coefficient (Wildman–Crippen LogP) is 2.27. The van der Waals surface area contributed by atoms with Gasteiger partial charge in [0.1, 0.15) is 16.2 Å². The number of sulfonamides is 1. The number of ether oxygens (including phenoxy) is 1. The molecule has 11 heteroatoms. The number of primary sulfonamides is 1. The van der Waals surface area contributed by atoms with Crippen LogP contribution in [0.5, 0.6) is 5.75 Å². The second kappa shape index (κ2) is 7.52. The molecule has 2 aromatic carbocycles. The molecule has 0 bridgehead atoms.